The number of fused-ring (bicyclic) bond motifs is 3. The average molecular weight is 327 g/mol. The minimum Gasteiger partial charge on any atom is -0.494 e. The molecule has 1 aliphatic carbocycles. The molecule has 0 bridgehead atoms. The number of nitrogens with zero attached hydrogens (tertiary/aromatic N) is 1. The molecule has 1 fully saturated rings. The van der Waals surface area contributed by atoms with Crippen molar-refractivity contribution in [2.24, 2.45) is 11.8 Å². The lowest BCUT2D eigenvalue weighted by atomic mass is 9.77. The summed E-state index contributed by atoms with van der Waals surface area (Å²) in [6, 6.07) is 5.33. The number of hydrogen-bond donors (Lipinski definition) is 2. The van der Waals surface area contributed by atoms with Gasteiger partial charge >= 0.3 is 5.69 Å². The fourth-order valence-electron chi connectivity index (χ4n) is 2.82. The molecule has 1 aromatic carbocycles. The lowest BCUT2D eigenvalue weighted by Gasteiger charge is -2.29. The van der Waals surface area contributed by atoms with E-state index in [0.717, 1.165) is 11.8 Å². The minimum absolute atomic E-state index is 0.343. The fraction of sp³-hybridized carbons (Fsp3) is 0.389. The Labute approximate surface area is 138 Å². The number of rotatable bonds is 1. The van der Waals surface area contributed by atoms with Crippen LogP contribution in [-0.4, -0.2) is 22.1 Å². The zero-order chi connectivity index (χ0) is 17.3. The Morgan fingerprint density at radius 3 is 2.38 bits per heavy atom. The van der Waals surface area contributed by atoms with Crippen LogP contribution in [0.3, 0.4) is 0 Å². The van der Waals surface area contributed by atoms with Crippen molar-refractivity contribution in [3.63, 3.8) is 0 Å². The number of H-pyrrole nitrogens is 2. The van der Waals surface area contributed by atoms with E-state index in [1.807, 2.05) is 0 Å². The molecule has 0 amide bonds. The van der Waals surface area contributed by atoms with Crippen LogP contribution in [0.25, 0.3) is 21.8 Å². The monoisotopic (exact) mass is 327 g/mol. The molecule has 1 aliphatic rings. The maximum atomic E-state index is 11.7. The highest BCUT2D eigenvalue weighted by Crippen LogP contribution is 2.32. The van der Waals surface area contributed by atoms with Crippen LogP contribution in [-0.2, 0) is 0 Å². The molecule has 6 heteroatoms. The molecule has 126 valence electrons. The highest BCUT2D eigenvalue weighted by atomic mass is 16.5. The minimum atomic E-state index is -0.539. The van der Waals surface area contributed by atoms with Crippen molar-refractivity contribution in [1.29, 1.82) is 0 Å². The summed E-state index contributed by atoms with van der Waals surface area (Å²) in [5.74, 6) is 2.66. The van der Waals surface area contributed by atoms with Crippen molar-refractivity contribution in [3.8, 4) is 5.75 Å². The quantitative estimate of drug-likeness (QED) is 0.673. The predicted molar refractivity (Wildman–Crippen MR) is 94.6 cm³/mol. The van der Waals surface area contributed by atoms with Gasteiger partial charge in [-0.15, -0.1) is 0 Å². The molecular formula is C18H21N3O3. The van der Waals surface area contributed by atoms with E-state index >= 15 is 0 Å². The zero-order valence-electron chi connectivity index (χ0n) is 14.1. The lowest BCUT2D eigenvalue weighted by molar-refractivity contribution is 0.219. The van der Waals surface area contributed by atoms with E-state index in [4.69, 9.17) is 4.74 Å². The van der Waals surface area contributed by atoms with Gasteiger partial charge < -0.3 is 9.72 Å². The van der Waals surface area contributed by atoms with Gasteiger partial charge in [0.25, 0.3) is 5.56 Å². The molecule has 0 spiro atoms. The van der Waals surface area contributed by atoms with E-state index in [0.29, 0.717) is 27.6 Å². The second-order valence-electron chi connectivity index (χ2n) is 6.34. The summed E-state index contributed by atoms with van der Waals surface area (Å²) < 4.78 is 5.20. The molecule has 2 N–H and O–H groups in total. The Kier molecular flexibility index (Phi) is 4.38. The van der Waals surface area contributed by atoms with E-state index < -0.39 is 11.2 Å². The van der Waals surface area contributed by atoms with E-state index in [2.05, 4.69) is 28.8 Å². The van der Waals surface area contributed by atoms with E-state index in [9.17, 15) is 9.59 Å². The molecule has 24 heavy (non-hydrogen) atoms. The maximum Gasteiger partial charge on any atom is 0.326 e. The van der Waals surface area contributed by atoms with Gasteiger partial charge in [0.05, 0.1) is 18.0 Å². The second-order valence-corrected chi connectivity index (χ2v) is 6.34. The number of nitrogens with one attached hydrogen (secondary N) is 2. The molecule has 2 aromatic heterocycles. The molecule has 2 atom stereocenters. The number of para-hydroxylation sites is 1. The summed E-state index contributed by atoms with van der Waals surface area (Å²) >= 11 is 0. The topological polar surface area (TPSA) is 87.8 Å². The van der Waals surface area contributed by atoms with E-state index in [1.54, 1.807) is 25.3 Å². The lowest BCUT2D eigenvalue weighted by Crippen LogP contribution is -2.22. The molecule has 3 aromatic rings. The Balaban J connectivity index is 0.000000238. The van der Waals surface area contributed by atoms with Gasteiger partial charge in [-0.1, -0.05) is 38.8 Å². The molecular weight excluding hydrogens is 306 g/mol. The molecule has 4 rings (SSSR count). The third kappa shape index (κ3) is 2.91. The van der Waals surface area contributed by atoms with Crippen molar-refractivity contribution in [1.82, 2.24) is 15.0 Å². The first-order chi connectivity index (χ1) is 11.5. The van der Waals surface area contributed by atoms with Gasteiger partial charge in [0.15, 0.2) is 0 Å². The van der Waals surface area contributed by atoms with Gasteiger partial charge in [-0.25, -0.2) is 4.79 Å². The normalized spacial score (nSPS) is 19.5. The van der Waals surface area contributed by atoms with Crippen molar-refractivity contribution in [2.75, 3.05) is 7.11 Å². The van der Waals surface area contributed by atoms with Gasteiger partial charge in [-0.05, 0) is 17.9 Å². The van der Waals surface area contributed by atoms with Crippen molar-refractivity contribution in [3.05, 3.63) is 45.2 Å². The Bertz CT molecular complexity index is 982. The number of benzene rings is 1. The SMILES string of the molecule is CC1CCC1C.COc1cccc2c1ncc1c(=O)[nH]c(=O)[nH]c12. The number of aromatic nitrogens is 3. The van der Waals surface area contributed by atoms with Crippen LogP contribution >= 0.6 is 0 Å². The van der Waals surface area contributed by atoms with E-state index in [-0.39, 0.29) is 0 Å². The van der Waals surface area contributed by atoms with Crippen LogP contribution in [0.2, 0.25) is 0 Å². The van der Waals surface area contributed by atoms with Gasteiger partial charge in [0, 0.05) is 11.6 Å². The largest absolute Gasteiger partial charge is 0.494 e. The molecule has 0 saturated heterocycles. The first-order valence-electron chi connectivity index (χ1n) is 8.09. The second kappa shape index (κ2) is 6.47. The molecule has 1 saturated carbocycles. The number of pyridine rings is 1. The molecule has 2 heterocycles. The van der Waals surface area contributed by atoms with E-state index in [1.165, 1.54) is 19.0 Å². The summed E-state index contributed by atoms with van der Waals surface area (Å²) in [5.41, 5.74) is 0.0789. The zero-order valence-corrected chi connectivity index (χ0v) is 14.1. The number of ether oxygens (including phenoxy) is 1. The summed E-state index contributed by atoms with van der Waals surface area (Å²) in [6.45, 7) is 4.66. The van der Waals surface area contributed by atoms with Crippen molar-refractivity contribution in [2.45, 2.75) is 26.7 Å². The predicted octanol–water partition coefficient (Wildman–Crippen LogP) is 2.83. The number of methoxy groups -OCH3 is 1. The van der Waals surface area contributed by atoms with Crippen molar-refractivity contribution < 1.29 is 4.74 Å². The van der Waals surface area contributed by atoms with Gasteiger partial charge in [0.1, 0.15) is 11.3 Å². The third-order valence-corrected chi connectivity index (χ3v) is 4.84. The van der Waals surface area contributed by atoms with Gasteiger partial charge in [0.2, 0.25) is 0 Å². The highest BCUT2D eigenvalue weighted by molar-refractivity contribution is 6.04. The van der Waals surface area contributed by atoms with Crippen LogP contribution < -0.4 is 16.0 Å². The van der Waals surface area contributed by atoms with Crippen LogP contribution in [0.1, 0.15) is 26.7 Å². The molecule has 2 unspecified atom stereocenters. The number of aromatic amines is 2. The Hall–Kier alpha value is -2.63. The maximum absolute atomic E-state index is 11.7. The summed E-state index contributed by atoms with van der Waals surface area (Å²) in [4.78, 5) is 32.0. The third-order valence-electron chi connectivity index (χ3n) is 4.84. The smallest absolute Gasteiger partial charge is 0.326 e. The standard InChI is InChI=1S/C12H9N3O3.C6H12/c1-18-8-4-2-3-6-9-7(5-13-10(6)8)11(16)15-12(17)14-9;1-5-3-4-6(5)2/h2-5H,1H3,(H2,14,15,16,17);5-6H,3-4H2,1-2H3. The summed E-state index contributed by atoms with van der Waals surface area (Å²) in [5, 5.41) is 1.02. The van der Waals surface area contributed by atoms with Crippen LogP contribution in [0.4, 0.5) is 0 Å². The average Bonchev–Trinajstić information content (AvgIpc) is 2.59. The first kappa shape index (κ1) is 16.2. The van der Waals surface area contributed by atoms with Crippen LogP contribution in [0, 0.1) is 11.8 Å². The summed E-state index contributed by atoms with van der Waals surface area (Å²) in [6.07, 6.45) is 4.37. The van der Waals surface area contributed by atoms with Gasteiger partial charge in [-0.2, -0.15) is 0 Å². The number of hydrogen-bond acceptors (Lipinski definition) is 4. The first-order valence-corrected chi connectivity index (χ1v) is 8.09. The summed E-state index contributed by atoms with van der Waals surface area (Å²) in [7, 11) is 1.54. The molecule has 0 radical (unpaired) electrons. The highest BCUT2D eigenvalue weighted by Gasteiger charge is 2.20. The fourth-order valence-corrected chi connectivity index (χ4v) is 2.82. The molecule has 6 nitrogen and oxygen atoms in total. The van der Waals surface area contributed by atoms with Crippen LogP contribution in [0.15, 0.2) is 34.0 Å². The van der Waals surface area contributed by atoms with Crippen LogP contribution in [0.5, 0.6) is 5.75 Å². The Morgan fingerprint density at radius 1 is 1.08 bits per heavy atom. The van der Waals surface area contributed by atoms with Crippen molar-refractivity contribution >= 4 is 21.8 Å². The Morgan fingerprint density at radius 2 is 1.79 bits per heavy atom. The molecule has 0 aliphatic heterocycles. The van der Waals surface area contributed by atoms with Gasteiger partial charge in [-0.3, -0.25) is 14.8 Å².